The number of ether oxygens (including phenoxy) is 3. The van der Waals surface area contributed by atoms with E-state index in [1.807, 2.05) is 54.6 Å². The molecule has 2 atom stereocenters. The Labute approximate surface area is 192 Å². The van der Waals surface area contributed by atoms with Crippen LogP contribution >= 0.6 is 0 Å². The molecule has 3 aromatic rings. The topological polar surface area (TPSA) is 27.7 Å². The predicted octanol–water partition coefficient (Wildman–Crippen LogP) is 6.59. The van der Waals surface area contributed by atoms with Crippen LogP contribution in [0.2, 0.25) is 0 Å². The van der Waals surface area contributed by atoms with Crippen molar-refractivity contribution in [2.45, 2.75) is 39.8 Å². The summed E-state index contributed by atoms with van der Waals surface area (Å²) in [6, 6.07) is 30.8. The Morgan fingerprint density at radius 3 is 1.59 bits per heavy atom. The molecule has 0 aliphatic carbocycles. The first-order chi connectivity index (χ1) is 15.7. The lowest BCUT2D eigenvalue weighted by atomic mass is 10.1. The highest BCUT2D eigenvalue weighted by molar-refractivity contribution is 5.16. The van der Waals surface area contributed by atoms with Crippen molar-refractivity contribution in [3.8, 4) is 0 Å². The van der Waals surface area contributed by atoms with Crippen molar-refractivity contribution in [3.63, 3.8) is 0 Å². The van der Waals surface area contributed by atoms with Gasteiger partial charge in [0.1, 0.15) is 6.10 Å². The maximum Gasteiger partial charge on any atom is 0.102 e. The van der Waals surface area contributed by atoms with Crippen LogP contribution in [0.3, 0.4) is 0 Å². The summed E-state index contributed by atoms with van der Waals surface area (Å²) >= 11 is 0. The zero-order chi connectivity index (χ0) is 22.4. The van der Waals surface area contributed by atoms with Gasteiger partial charge >= 0.3 is 0 Å². The van der Waals surface area contributed by atoms with Crippen molar-refractivity contribution in [1.82, 2.24) is 0 Å². The largest absolute Gasteiger partial charge is 0.376 e. The lowest BCUT2D eigenvalue weighted by Crippen LogP contribution is -2.22. The zero-order valence-electron chi connectivity index (χ0n) is 19.2. The summed E-state index contributed by atoms with van der Waals surface area (Å²) in [5.41, 5.74) is 4.69. The van der Waals surface area contributed by atoms with E-state index in [2.05, 4.69) is 56.3 Å². The first-order valence-electron chi connectivity index (χ1n) is 11.3. The van der Waals surface area contributed by atoms with Gasteiger partial charge < -0.3 is 14.2 Å². The second kappa shape index (κ2) is 13.6. The molecule has 0 saturated heterocycles. The van der Waals surface area contributed by atoms with Crippen molar-refractivity contribution in [2.24, 2.45) is 5.92 Å². The highest BCUT2D eigenvalue weighted by Crippen LogP contribution is 2.15. The van der Waals surface area contributed by atoms with Gasteiger partial charge in [-0.15, -0.1) is 0 Å². The minimum absolute atomic E-state index is 0.101. The predicted molar refractivity (Wildman–Crippen MR) is 130 cm³/mol. The molecule has 0 saturated carbocycles. The number of benzene rings is 3. The minimum Gasteiger partial charge on any atom is -0.376 e. The van der Waals surface area contributed by atoms with Crippen LogP contribution in [0.15, 0.2) is 103 Å². The monoisotopic (exact) mass is 430 g/mol. The van der Waals surface area contributed by atoms with E-state index in [9.17, 15) is 0 Å². The van der Waals surface area contributed by atoms with E-state index >= 15 is 0 Å². The lowest BCUT2D eigenvalue weighted by Gasteiger charge is -2.21. The van der Waals surface area contributed by atoms with Gasteiger partial charge in [-0.2, -0.15) is 0 Å². The fourth-order valence-electron chi connectivity index (χ4n) is 3.48. The smallest absolute Gasteiger partial charge is 0.102 e. The van der Waals surface area contributed by atoms with Gasteiger partial charge in [0.2, 0.25) is 0 Å². The molecule has 0 spiro atoms. The highest BCUT2D eigenvalue weighted by atomic mass is 16.5. The van der Waals surface area contributed by atoms with E-state index in [1.54, 1.807) is 0 Å². The molecule has 0 unspecified atom stereocenters. The van der Waals surface area contributed by atoms with Gasteiger partial charge in [0.25, 0.3) is 0 Å². The number of hydrogen-bond acceptors (Lipinski definition) is 3. The fraction of sp³-hybridized carbons (Fsp3) is 0.310. The Bertz CT molecular complexity index is 907. The van der Waals surface area contributed by atoms with Gasteiger partial charge in [0, 0.05) is 0 Å². The standard InChI is InChI=1S/C29H34O3/c1-24(19-30-20-26-12-6-3-7-13-26)18-25(2)29(32-22-28-16-10-5-11-17-28)23-31-21-27-14-8-4-9-15-27/h3-18,24,29H,19-23H2,1-2H3/b25-18+/t24-,29+/m1/s1. The van der Waals surface area contributed by atoms with Crippen LogP contribution in [-0.4, -0.2) is 19.3 Å². The van der Waals surface area contributed by atoms with E-state index in [-0.39, 0.29) is 12.0 Å². The van der Waals surface area contributed by atoms with Gasteiger partial charge in [0.05, 0.1) is 33.0 Å². The summed E-state index contributed by atoms with van der Waals surface area (Å²) in [5.74, 6) is 0.288. The second-order valence-electron chi connectivity index (χ2n) is 8.17. The molecule has 3 rings (SSSR count). The van der Waals surface area contributed by atoms with Crippen molar-refractivity contribution in [1.29, 1.82) is 0 Å². The summed E-state index contributed by atoms with van der Waals surface area (Å²) in [6.07, 6.45) is 2.14. The Morgan fingerprint density at radius 1 is 0.656 bits per heavy atom. The molecule has 168 valence electrons. The van der Waals surface area contributed by atoms with Crippen LogP contribution in [0.5, 0.6) is 0 Å². The molecule has 0 amide bonds. The third-order valence-corrected chi connectivity index (χ3v) is 5.22. The fourth-order valence-corrected chi connectivity index (χ4v) is 3.48. The molecular weight excluding hydrogens is 396 g/mol. The van der Waals surface area contributed by atoms with Crippen LogP contribution < -0.4 is 0 Å². The van der Waals surface area contributed by atoms with Crippen molar-refractivity contribution in [2.75, 3.05) is 13.2 Å². The molecular formula is C29H34O3. The average Bonchev–Trinajstić information content (AvgIpc) is 2.83. The third-order valence-electron chi connectivity index (χ3n) is 5.22. The van der Waals surface area contributed by atoms with Crippen molar-refractivity contribution >= 4 is 0 Å². The maximum atomic E-state index is 6.27. The molecule has 3 nitrogen and oxygen atoms in total. The van der Waals surface area contributed by atoms with E-state index < -0.39 is 0 Å². The number of hydrogen-bond donors (Lipinski definition) is 0. The number of rotatable bonds is 13. The molecule has 3 aromatic carbocycles. The summed E-state index contributed by atoms with van der Waals surface area (Å²) in [5, 5.41) is 0. The first kappa shape index (κ1) is 23.9. The van der Waals surface area contributed by atoms with Gasteiger partial charge in [-0.1, -0.05) is 104 Å². The molecule has 0 fully saturated rings. The van der Waals surface area contributed by atoms with Gasteiger partial charge in [-0.25, -0.2) is 0 Å². The van der Waals surface area contributed by atoms with E-state index in [0.29, 0.717) is 33.0 Å². The molecule has 32 heavy (non-hydrogen) atoms. The van der Waals surface area contributed by atoms with Crippen LogP contribution in [0.1, 0.15) is 30.5 Å². The van der Waals surface area contributed by atoms with Crippen molar-refractivity contribution in [3.05, 3.63) is 119 Å². The van der Waals surface area contributed by atoms with Crippen LogP contribution in [0.25, 0.3) is 0 Å². The van der Waals surface area contributed by atoms with E-state index in [4.69, 9.17) is 14.2 Å². The van der Waals surface area contributed by atoms with Crippen LogP contribution in [0.4, 0.5) is 0 Å². The Hall–Kier alpha value is -2.72. The maximum absolute atomic E-state index is 6.27. The molecule has 0 heterocycles. The quantitative estimate of drug-likeness (QED) is 0.286. The Balaban J connectivity index is 1.53. The van der Waals surface area contributed by atoms with Crippen LogP contribution in [0, 0.1) is 5.92 Å². The normalized spacial score (nSPS) is 13.6. The first-order valence-corrected chi connectivity index (χ1v) is 11.3. The van der Waals surface area contributed by atoms with Gasteiger partial charge in [0.15, 0.2) is 0 Å². The highest BCUT2D eigenvalue weighted by Gasteiger charge is 2.14. The molecule has 0 aliphatic heterocycles. The second-order valence-corrected chi connectivity index (χ2v) is 8.17. The Morgan fingerprint density at radius 2 is 1.09 bits per heavy atom. The molecule has 0 aliphatic rings. The third kappa shape index (κ3) is 8.80. The van der Waals surface area contributed by atoms with Crippen molar-refractivity contribution < 1.29 is 14.2 Å². The minimum atomic E-state index is -0.101. The van der Waals surface area contributed by atoms with Gasteiger partial charge in [-0.3, -0.25) is 0 Å². The molecule has 0 bridgehead atoms. The molecule has 3 heteroatoms. The van der Waals surface area contributed by atoms with E-state index in [1.165, 1.54) is 16.7 Å². The van der Waals surface area contributed by atoms with Gasteiger partial charge in [-0.05, 0) is 35.1 Å². The summed E-state index contributed by atoms with van der Waals surface area (Å²) in [6.45, 7) is 7.25. The molecule has 0 N–H and O–H groups in total. The summed E-state index contributed by atoms with van der Waals surface area (Å²) in [4.78, 5) is 0. The Kier molecular flexibility index (Phi) is 10.2. The van der Waals surface area contributed by atoms with Crippen LogP contribution in [-0.2, 0) is 34.0 Å². The summed E-state index contributed by atoms with van der Waals surface area (Å²) in [7, 11) is 0. The SMILES string of the molecule is C/C(=C\[C@@H](C)COCc1ccccc1)[C@H](COCc1ccccc1)OCc1ccccc1. The average molecular weight is 431 g/mol. The van der Waals surface area contributed by atoms with E-state index in [0.717, 1.165) is 5.56 Å². The summed E-state index contributed by atoms with van der Waals surface area (Å²) < 4.78 is 18.2. The zero-order valence-corrected chi connectivity index (χ0v) is 19.2. The molecule has 0 aromatic heterocycles. The molecule has 0 radical (unpaired) electrons. The lowest BCUT2D eigenvalue weighted by molar-refractivity contribution is -0.0113.